The summed E-state index contributed by atoms with van der Waals surface area (Å²) in [5, 5.41) is 15.2. The van der Waals surface area contributed by atoms with E-state index < -0.39 is 17.8 Å². The Morgan fingerprint density at radius 2 is 1.84 bits per heavy atom. The first-order valence-electron chi connectivity index (χ1n) is 7.96. The highest BCUT2D eigenvalue weighted by Gasteiger charge is 2.51. The van der Waals surface area contributed by atoms with Gasteiger partial charge in [-0.2, -0.15) is 0 Å². The van der Waals surface area contributed by atoms with E-state index in [0.29, 0.717) is 10.2 Å². The highest BCUT2D eigenvalue weighted by Crippen LogP contribution is 2.48. The fraction of sp³-hybridized carbons (Fsp3) is 0.278. The number of nitrogens with zero attached hydrogens (tertiary/aromatic N) is 1. The maximum atomic E-state index is 12.7. The number of amides is 1. The number of aliphatic carboxylic acids is 1. The van der Waals surface area contributed by atoms with Crippen molar-refractivity contribution in [1.82, 2.24) is 4.98 Å². The molecule has 4 atom stereocenters. The molecule has 1 amide bonds. The molecule has 2 aliphatic rings. The van der Waals surface area contributed by atoms with Gasteiger partial charge in [-0.15, -0.1) is 11.3 Å². The van der Waals surface area contributed by atoms with Crippen molar-refractivity contribution in [2.45, 2.75) is 6.42 Å². The summed E-state index contributed by atoms with van der Waals surface area (Å²) in [6.45, 7) is 0. The average Bonchev–Trinajstić information content (AvgIpc) is 3.30. The van der Waals surface area contributed by atoms with Crippen LogP contribution in [0.15, 0.2) is 41.8 Å². The standard InChI is InChI=1S/C18H15ClN2O3S/c19-12-5-3-9(4-6-12)13-8-25-18(20-13)21-16(22)14-10-1-2-11(7-10)15(14)17(23)24/h1-6,8,10-11,14-15H,7H2,(H,23,24)(H,20,21,22)/t10-,11-,14+,15-/m0/s1. The van der Waals surface area contributed by atoms with Crippen LogP contribution in [0.5, 0.6) is 0 Å². The smallest absolute Gasteiger partial charge is 0.307 e. The Morgan fingerprint density at radius 3 is 2.52 bits per heavy atom. The van der Waals surface area contributed by atoms with Crippen molar-refractivity contribution in [3.05, 3.63) is 46.8 Å². The molecule has 0 aliphatic heterocycles. The van der Waals surface area contributed by atoms with Gasteiger partial charge in [0.2, 0.25) is 5.91 Å². The Labute approximate surface area is 153 Å². The van der Waals surface area contributed by atoms with Gasteiger partial charge in [0, 0.05) is 16.0 Å². The minimum absolute atomic E-state index is 0.00166. The number of anilines is 1. The Hall–Kier alpha value is -2.18. The van der Waals surface area contributed by atoms with E-state index in [1.54, 1.807) is 12.1 Å². The minimum atomic E-state index is -0.905. The number of rotatable bonds is 4. The first-order chi connectivity index (χ1) is 12.0. The molecule has 25 heavy (non-hydrogen) atoms. The van der Waals surface area contributed by atoms with Crippen molar-refractivity contribution in [1.29, 1.82) is 0 Å². The van der Waals surface area contributed by atoms with Gasteiger partial charge in [0.1, 0.15) is 0 Å². The number of aromatic nitrogens is 1. The molecule has 1 heterocycles. The predicted octanol–water partition coefficient (Wildman–Crippen LogP) is 3.92. The van der Waals surface area contributed by atoms with Crippen molar-refractivity contribution in [2.24, 2.45) is 23.7 Å². The summed E-state index contributed by atoms with van der Waals surface area (Å²) in [6.07, 6.45) is 4.63. The Balaban J connectivity index is 1.51. The number of hydrogen-bond acceptors (Lipinski definition) is 4. The van der Waals surface area contributed by atoms with E-state index in [-0.39, 0.29) is 17.7 Å². The Kier molecular flexibility index (Phi) is 4.09. The highest BCUT2D eigenvalue weighted by atomic mass is 35.5. The minimum Gasteiger partial charge on any atom is -0.481 e. The lowest BCUT2D eigenvalue weighted by atomic mass is 9.82. The summed E-state index contributed by atoms with van der Waals surface area (Å²) in [6, 6.07) is 7.30. The molecule has 0 saturated heterocycles. The molecule has 4 rings (SSSR count). The molecule has 128 valence electrons. The monoisotopic (exact) mass is 374 g/mol. The molecule has 1 saturated carbocycles. The van der Waals surface area contributed by atoms with E-state index in [4.69, 9.17) is 11.6 Å². The number of carbonyl (C=O) groups is 2. The van der Waals surface area contributed by atoms with Crippen LogP contribution in [0.3, 0.4) is 0 Å². The summed E-state index contributed by atoms with van der Waals surface area (Å²) < 4.78 is 0. The van der Waals surface area contributed by atoms with E-state index in [9.17, 15) is 14.7 Å². The maximum absolute atomic E-state index is 12.7. The lowest BCUT2D eigenvalue weighted by Gasteiger charge is -2.23. The van der Waals surface area contributed by atoms with Gasteiger partial charge in [-0.25, -0.2) is 4.98 Å². The zero-order valence-electron chi connectivity index (χ0n) is 13.1. The average molecular weight is 375 g/mol. The zero-order valence-corrected chi connectivity index (χ0v) is 14.6. The van der Waals surface area contributed by atoms with E-state index >= 15 is 0 Å². The van der Waals surface area contributed by atoms with Crippen molar-refractivity contribution in [3.63, 3.8) is 0 Å². The molecule has 7 heteroatoms. The number of thiazole rings is 1. The molecule has 5 nitrogen and oxygen atoms in total. The van der Waals surface area contributed by atoms with E-state index in [2.05, 4.69) is 10.3 Å². The fourth-order valence-corrected chi connectivity index (χ4v) is 4.64. The molecule has 1 aromatic carbocycles. The summed E-state index contributed by atoms with van der Waals surface area (Å²) in [4.78, 5) is 28.6. The lowest BCUT2D eigenvalue weighted by molar-refractivity contribution is -0.146. The molecule has 1 fully saturated rings. The Bertz CT molecular complexity index is 861. The van der Waals surface area contributed by atoms with E-state index in [1.807, 2.05) is 29.7 Å². The predicted molar refractivity (Wildman–Crippen MR) is 96.5 cm³/mol. The summed E-state index contributed by atoms with van der Waals surface area (Å²) >= 11 is 7.21. The number of fused-ring (bicyclic) bond motifs is 2. The largest absolute Gasteiger partial charge is 0.481 e. The van der Waals surface area contributed by atoms with Crippen LogP contribution < -0.4 is 5.32 Å². The fourth-order valence-electron chi connectivity index (χ4n) is 3.79. The number of benzene rings is 1. The summed E-state index contributed by atoms with van der Waals surface area (Å²) in [5.41, 5.74) is 1.66. The van der Waals surface area contributed by atoms with Gasteiger partial charge in [-0.05, 0) is 30.4 Å². The third-order valence-electron chi connectivity index (χ3n) is 4.92. The van der Waals surface area contributed by atoms with Crippen molar-refractivity contribution in [2.75, 3.05) is 5.32 Å². The molecular weight excluding hydrogens is 360 g/mol. The third kappa shape index (κ3) is 2.96. The molecule has 2 aliphatic carbocycles. The van der Waals surface area contributed by atoms with Gasteiger partial charge >= 0.3 is 5.97 Å². The molecule has 1 aromatic heterocycles. The first kappa shape index (κ1) is 16.3. The Morgan fingerprint density at radius 1 is 1.16 bits per heavy atom. The van der Waals surface area contributed by atoms with Gasteiger partial charge in [-0.3, -0.25) is 9.59 Å². The second-order valence-electron chi connectivity index (χ2n) is 6.37. The lowest BCUT2D eigenvalue weighted by Crippen LogP contribution is -2.36. The molecule has 0 spiro atoms. The number of carbonyl (C=O) groups excluding carboxylic acids is 1. The van der Waals surface area contributed by atoms with Crippen LogP contribution in [0, 0.1) is 23.7 Å². The van der Waals surface area contributed by atoms with Crippen LogP contribution in [-0.4, -0.2) is 22.0 Å². The normalized spacial score (nSPS) is 26.8. The van der Waals surface area contributed by atoms with Crippen LogP contribution in [0.25, 0.3) is 11.3 Å². The topological polar surface area (TPSA) is 79.3 Å². The summed E-state index contributed by atoms with van der Waals surface area (Å²) in [7, 11) is 0. The van der Waals surface area contributed by atoms with Crippen LogP contribution in [0.2, 0.25) is 5.02 Å². The first-order valence-corrected chi connectivity index (χ1v) is 9.22. The van der Waals surface area contributed by atoms with Gasteiger partial charge in [0.15, 0.2) is 5.13 Å². The second kappa shape index (κ2) is 6.28. The number of hydrogen-bond donors (Lipinski definition) is 2. The maximum Gasteiger partial charge on any atom is 0.307 e. The third-order valence-corrected chi connectivity index (χ3v) is 5.93. The number of allylic oxidation sites excluding steroid dienone is 2. The van der Waals surface area contributed by atoms with Crippen LogP contribution >= 0.6 is 22.9 Å². The highest BCUT2D eigenvalue weighted by molar-refractivity contribution is 7.14. The van der Waals surface area contributed by atoms with Crippen LogP contribution in [0.1, 0.15) is 6.42 Å². The SMILES string of the molecule is O=C(O)[C@@H]1[C@H](C(=O)Nc2nc(-c3ccc(Cl)cc3)cs2)[C@H]2C=C[C@H]1C2. The molecule has 2 bridgehead atoms. The number of carboxylic acid groups (broad SMARTS) is 1. The summed E-state index contributed by atoms with van der Waals surface area (Å²) in [5.74, 6) is -2.39. The molecule has 2 N–H and O–H groups in total. The molecule has 0 unspecified atom stereocenters. The van der Waals surface area contributed by atoms with Crippen molar-refractivity contribution < 1.29 is 14.7 Å². The number of nitrogens with one attached hydrogen (secondary N) is 1. The van der Waals surface area contributed by atoms with Gasteiger partial charge in [-0.1, -0.05) is 35.9 Å². The quantitative estimate of drug-likeness (QED) is 0.795. The van der Waals surface area contributed by atoms with Gasteiger partial charge in [0.25, 0.3) is 0 Å². The van der Waals surface area contributed by atoms with E-state index in [1.165, 1.54) is 11.3 Å². The van der Waals surface area contributed by atoms with Crippen LogP contribution in [0.4, 0.5) is 5.13 Å². The van der Waals surface area contributed by atoms with Gasteiger partial charge < -0.3 is 10.4 Å². The zero-order chi connectivity index (χ0) is 17.6. The molecular formula is C18H15ClN2O3S. The molecule has 0 radical (unpaired) electrons. The number of halogens is 1. The van der Waals surface area contributed by atoms with Crippen molar-refractivity contribution >= 4 is 39.9 Å². The second-order valence-corrected chi connectivity index (χ2v) is 7.67. The van der Waals surface area contributed by atoms with Crippen molar-refractivity contribution in [3.8, 4) is 11.3 Å². The van der Waals surface area contributed by atoms with Crippen LogP contribution in [-0.2, 0) is 9.59 Å². The van der Waals surface area contributed by atoms with Gasteiger partial charge in [0.05, 0.1) is 17.5 Å². The number of carboxylic acids is 1. The van der Waals surface area contributed by atoms with E-state index in [0.717, 1.165) is 17.7 Å². The molecule has 2 aromatic rings.